The lowest BCUT2D eigenvalue weighted by molar-refractivity contribution is -0.139. The van der Waals surface area contributed by atoms with E-state index in [1.54, 1.807) is 31.4 Å². The van der Waals surface area contributed by atoms with Crippen molar-refractivity contribution in [1.82, 2.24) is 0 Å². The summed E-state index contributed by atoms with van der Waals surface area (Å²) in [6.45, 7) is -0.435. The molecule has 0 amide bonds. The van der Waals surface area contributed by atoms with Gasteiger partial charge in [-0.3, -0.25) is 0 Å². The number of methoxy groups -OCH3 is 1. The van der Waals surface area contributed by atoms with Crippen molar-refractivity contribution in [1.29, 1.82) is 0 Å². The molecule has 22 heavy (non-hydrogen) atoms. The number of carbonyl (C=O) groups is 2. The number of hydrogen-bond donors (Lipinski definition) is 1. The van der Waals surface area contributed by atoms with Gasteiger partial charge in [0.2, 0.25) is 0 Å². The molecule has 0 heterocycles. The van der Waals surface area contributed by atoms with E-state index in [0.29, 0.717) is 22.8 Å². The lowest BCUT2D eigenvalue weighted by atomic mass is 10.2. The molecule has 0 bridgehead atoms. The van der Waals surface area contributed by atoms with Gasteiger partial charge >= 0.3 is 11.9 Å². The highest BCUT2D eigenvalue weighted by Crippen LogP contribution is 2.19. The number of hydrogen-bond acceptors (Lipinski definition) is 5. The van der Waals surface area contributed by atoms with Crippen molar-refractivity contribution in [3.05, 3.63) is 54.1 Å². The first-order valence-corrected chi connectivity index (χ1v) is 6.39. The molecule has 2 aromatic carbocycles. The van der Waals surface area contributed by atoms with Crippen LogP contribution < -0.4 is 14.2 Å². The van der Waals surface area contributed by atoms with Crippen LogP contribution in [-0.2, 0) is 4.79 Å². The molecule has 0 aliphatic rings. The van der Waals surface area contributed by atoms with Gasteiger partial charge in [0, 0.05) is 0 Å². The van der Waals surface area contributed by atoms with Crippen LogP contribution in [0.3, 0.4) is 0 Å². The Bertz CT molecular complexity index is 645. The molecule has 0 unspecified atom stereocenters. The lowest BCUT2D eigenvalue weighted by Crippen LogP contribution is -2.10. The average Bonchev–Trinajstić information content (AvgIpc) is 2.54. The first-order chi connectivity index (χ1) is 10.6. The van der Waals surface area contributed by atoms with E-state index in [0.717, 1.165) is 0 Å². The molecule has 2 rings (SSSR count). The Morgan fingerprint density at radius 3 is 2.00 bits per heavy atom. The van der Waals surface area contributed by atoms with Crippen molar-refractivity contribution in [3.63, 3.8) is 0 Å². The fourth-order valence-corrected chi connectivity index (χ4v) is 1.64. The summed E-state index contributed by atoms with van der Waals surface area (Å²) >= 11 is 0. The molecule has 0 aromatic heterocycles. The van der Waals surface area contributed by atoms with Crippen LogP contribution in [0, 0.1) is 0 Å². The quantitative estimate of drug-likeness (QED) is 0.651. The number of benzene rings is 2. The summed E-state index contributed by atoms with van der Waals surface area (Å²) in [6.07, 6.45) is 0. The summed E-state index contributed by atoms with van der Waals surface area (Å²) < 4.78 is 15.2. The predicted octanol–water partition coefficient (Wildman–Crippen LogP) is 2.38. The Hall–Kier alpha value is -3.02. The van der Waals surface area contributed by atoms with Gasteiger partial charge in [0.05, 0.1) is 12.7 Å². The van der Waals surface area contributed by atoms with Crippen molar-refractivity contribution < 1.29 is 28.9 Å². The lowest BCUT2D eigenvalue weighted by Gasteiger charge is -2.06. The molecule has 0 saturated carbocycles. The van der Waals surface area contributed by atoms with Crippen LogP contribution in [0.25, 0.3) is 0 Å². The first-order valence-electron chi connectivity index (χ1n) is 6.39. The Labute approximate surface area is 126 Å². The molecule has 0 atom stereocenters. The number of rotatable bonds is 6. The molecule has 1 N–H and O–H groups in total. The van der Waals surface area contributed by atoms with E-state index in [-0.39, 0.29) is 0 Å². The fourth-order valence-electron chi connectivity index (χ4n) is 1.64. The summed E-state index contributed by atoms with van der Waals surface area (Å²) in [5, 5.41) is 8.51. The molecule has 0 radical (unpaired) electrons. The molecule has 6 heteroatoms. The van der Waals surface area contributed by atoms with E-state index < -0.39 is 18.5 Å². The number of esters is 1. The third kappa shape index (κ3) is 4.24. The largest absolute Gasteiger partial charge is 0.497 e. The first kappa shape index (κ1) is 15.4. The monoisotopic (exact) mass is 302 g/mol. The van der Waals surface area contributed by atoms with Gasteiger partial charge in [-0.1, -0.05) is 0 Å². The summed E-state index contributed by atoms with van der Waals surface area (Å²) in [5.74, 6) is -0.155. The Morgan fingerprint density at radius 1 is 0.909 bits per heavy atom. The SMILES string of the molecule is COc1ccc(OC(=O)c2ccc(OCC(=O)O)cc2)cc1. The average molecular weight is 302 g/mol. The molecule has 0 aliphatic heterocycles. The molecular formula is C16H14O6. The molecule has 0 aliphatic carbocycles. The van der Waals surface area contributed by atoms with E-state index in [1.165, 1.54) is 24.3 Å². The third-order valence-corrected chi connectivity index (χ3v) is 2.72. The van der Waals surface area contributed by atoms with Gasteiger partial charge in [-0.15, -0.1) is 0 Å². The zero-order chi connectivity index (χ0) is 15.9. The fraction of sp³-hybridized carbons (Fsp3) is 0.125. The minimum atomic E-state index is -1.07. The van der Waals surface area contributed by atoms with Crippen LogP contribution in [0.15, 0.2) is 48.5 Å². The maximum absolute atomic E-state index is 12.0. The number of carboxylic acid groups (broad SMARTS) is 1. The smallest absolute Gasteiger partial charge is 0.343 e. The predicted molar refractivity (Wildman–Crippen MR) is 77.5 cm³/mol. The standard InChI is InChI=1S/C16H14O6/c1-20-12-6-8-14(9-7-12)22-16(19)11-2-4-13(5-3-11)21-10-15(17)18/h2-9H,10H2,1H3,(H,17,18). The van der Waals surface area contributed by atoms with E-state index >= 15 is 0 Å². The van der Waals surface area contributed by atoms with E-state index in [2.05, 4.69) is 0 Å². The second kappa shape index (κ2) is 7.12. The van der Waals surface area contributed by atoms with Gasteiger partial charge in [-0.2, -0.15) is 0 Å². The summed E-state index contributed by atoms with van der Waals surface area (Å²) in [7, 11) is 1.55. The molecule has 2 aromatic rings. The Kier molecular flexibility index (Phi) is 4.98. The van der Waals surface area contributed by atoms with Crippen LogP contribution in [0.4, 0.5) is 0 Å². The van der Waals surface area contributed by atoms with Crippen molar-refractivity contribution >= 4 is 11.9 Å². The second-order valence-corrected chi connectivity index (χ2v) is 4.27. The van der Waals surface area contributed by atoms with Gasteiger partial charge in [0.15, 0.2) is 6.61 Å². The van der Waals surface area contributed by atoms with Gasteiger partial charge in [-0.25, -0.2) is 9.59 Å². The number of aliphatic carboxylic acids is 1. The van der Waals surface area contributed by atoms with Crippen molar-refractivity contribution in [2.45, 2.75) is 0 Å². The highest BCUT2D eigenvalue weighted by molar-refractivity contribution is 5.91. The maximum atomic E-state index is 12.0. The van der Waals surface area contributed by atoms with E-state index in [4.69, 9.17) is 19.3 Å². The second-order valence-electron chi connectivity index (χ2n) is 4.27. The van der Waals surface area contributed by atoms with Crippen LogP contribution in [0.2, 0.25) is 0 Å². The maximum Gasteiger partial charge on any atom is 0.343 e. The summed E-state index contributed by atoms with van der Waals surface area (Å²) in [4.78, 5) is 22.3. The normalized spacial score (nSPS) is 9.86. The third-order valence-electron chi connectivity index (χ3n) is 2.72. The minimum Gasteiger partial charge on any atom is -0.497 e. The van der Waals surface area contributed by atoms with Crippen LogP contribution >= 0.6 is 0 Å². The highest BCUT2D eigenvalue weighted by atomic mass is 16.5. The number of ether oxygens (including phenoxy) is 3. The molecule has 0 saturated heterocycles. The van der Waals surface area contributed by atoms with Crippen molar-refractivity contribution in [3.8, 4) is 17.2 Å². The molecule has 114 valence electrons. The molecule has 0 spiro atoms. The van der Waals surface area contributed by atoms with Crippen LogP contribution in [0.1, 0.15) is 10.4 Å². The van der Waals surface area contributed by atoms with Crippen molar-refractivity contribution in [2.75, 3.05) is 13.7 Å². The highest BCUT2D eigenvalue weighted by Gasteiger charge is 2.09. The summed E-state index contributed by atoms with van der Waals surface area (Å²) in [6, 6.07) is 12.6. The van der Waals surface area contributed by atoms with Gasteiger partial charge < -0.3 is 19.3 Å². The van der Waals surface area contributed by atoms with Crippen molar-refractivity contribution in [2.24, 2.45) is 0 Å². The van der Waals surface area contributed by atoms with Crippen LogP contribution in [0.5, 0.6) is 17.2 Å². The summed E-state index contributed by atoms with van der Waals surface area (Å²) in [5.41, 5.74) is 0.332. The Morgan fingerprint density at radius 2 is 1.45 bits per heavy atom. The minimum absolute atomic E-state index is 0.332. The molecule has 6 nitrogen and oxygen atoms in total. The molecular weight excluding hydrogens is 288 g/mol. The van der Waals surface area contributed by atoms with E-state index in [9.17, 15) is 9.59 Å². The van der Waals surface area contributed by atoms with Gasteiger partial charge in [0.25, 0.3) is 0 Å². The number of carboxylic acids is 1. The van der Waals surface area contributed by atoms with E-state index in [1.807, 2.05) is 0 Å². The zero-order valence-corrected chi connectivity index (χ0v) is 11.8. The topological polar surface area (TPSA) is 82.1 Å². The number of carbonyl (C=O) groups excluding carboxylic acids is 1. The van der Waals surface area contributed by atoms with Gasteiger partial charge in [-0.05, 0) is 48.5 Å². The Balaban J connectivity index is 1.98. The zero-order valence-electron chi connectivity index (χ0n) is 11.8. The van der Waals surface area contributed by atoms with Gasteiger partial charge in [0.1, 0.15) is 17.2 Å². The molecule has 0 fully saturated rings. The van der Waals surface area contributed by atoms with Crippen LogP contribution in [-0.4, -0.2) is 30.8 Å².